The van der Waals surface area contributed by atoms with Gasteiger partial charge in [0.1, 0.15) is 16.7 Å². The highest BCUT2D eigenvalue weighted by Crippen LogP contribution is 2.43. The van der Waals surface area contributed by atoms with Crippen molar-refractivity contribution in [2.45, 2.75) is 0 Å². The molecule has 0 radical (unpaired) electrons. The molecule has 0 saturated heterocycles. The number of anilines is 3. The molecule has 0 spiro atoms. The highest BCUT2D eigenvalue weighted by molar-refractivity contribution is 6.12. The second-order valence-electron chi connectivity index (χ2n) is 14.8. The average molecular weight is 744 g/mol. The monoisotopic (exact) mass is 743 g/mol. The van der Waals surface area contributed by atoms with Crippen LogP contribution in [0, 0.1) is 0 Å². The van der Waals surface area contributed by atoms with Gasteiger partial charge in [-0.2, -0.15) is 0 Å². The van der Waals surface area contributed by atoms with E-state index in [0.717, 1.165) is 88.8 Å². The fourth-order valence-electron chi connectivity index (χ4n) is 8.71. The zero-order valence-electron chi connectivity index (χ0n) is 31.2. The van der Waals surface area contributed by atoms with Gasteiger partial charge < -0.3 is 18.3 Å². The molecule has 0 N–H and O–H groups in total. The Morgan fingerprint density at radius 2 is 1.03 bits per heavy atom. The van der Waals surface area contributed by atoms with Crippen molar-refractivity contribution >= 4 is 82.7 Å². The summed E-state index contributed by atoms with van der Waals surface area (Å²) in [4.78, 5) is 7.45. The Balaban J connectivity index is 1.05. The first-order valence-electron chi connectivity index (χ1n) is 19.5. The van der Waals surface area contributed by atoms with Gasteiger partial charge in [-0.05, 0) is 102 Å². The summed E-state index contributed by atoms with van der Waals surface area (Å²) in [5, 5.41) is 6.72. The summed E-state index contributed by atoms with van der Waals surface area (Å²) in [6, 6.07) is 70.4. The number of oxazole rings is 1. The van der Waals surface area contributed by atoms with Gasteiger partial charge in [0.15, 0.2) is 5.58 Å². The molecule has 0 amide bonds. The van der Waals surface area contributed by atoms with E-state index in [1.165, 1.54) is 16.3 Å². The molecule has 12 rings (SSSR count). The summed E-state index contributed by atoms with van der Waals surface area (Å²) >= 11 is 0. The van der Waals surface area contributed by atoms with Gasteiger partial charge in [-0.3, -0.25) is 0 Å². The van der Waals surface area contributed by atoms with E-state index in [2.05, 4.69) is 167 Å². The molecule has 272 valence electrons. The Bertz CT molecular complexity index is 3510. The molecular formula is C53H33N3O2. The molecule has 5 nitrogen and oxygen atoms in total. The van der Waals surface area contributed by atoms with E-state index in [1.54, 1.807) is 0 Å². The van der Waals surface area contributed by atoms with E-state index in [1.807, 2.05) is 42.5 Å². The number of nitrogens with zero attached hydrogens (tertiary/aromatic N) is 3. The predicted octanol–water partition coefficient (Wildman–Crippen LogP) is 14.8. The molecule has 5 heteroatoms. The van der Waals surface area contributed by atoms with Gasteiger partial charge in [0, 0.05) is 60.8 Å². The maximum absolute atomic E-state index is 6.53. The van der Waals surface area contributed by atoms with Crippen LogP contribution in [-0.2, 0) is 0 Å². The van der Waals surface area contributed by atoms with Crippen molar-refractivity contribution in [2.24, 2.45) is 0 Å². The Hall–Kier alpha value is -7.89. The predicted molar refractivity (Wildman–Crippen MR) is 239 cm³/mol. The first kappa shape index (κ1) is 32.4. The minimum atomic E-state index is 0.613. The molecule has 0 unspecified atom stereocenters. The number of hydrogen-bond acceptors (Lipinski definition) is 4. The number of fused-ring (bicyclic) bond motifs is 9. The van der Waals surface area contributed by atoms with Crippen LogP contribution in [0.1, 0.15) is 0 Å². The summed E-state index contributed by atoms with van der Waals surface area (Å²) in [6.45, 7) is 0. The molecule has 0 aliphatic carbocycles. The van der Waals surface area contributed by atoms with Crippen molar-refractivity contribution in [3.8, 4) is 28.3 Å². The third kappa shape index (κ3) is 5.07. The first-order chi connectivity index (χ1) is 28.7. The van der Waals surface area contributed by atoms with Crippen LogP contribution in [0.5, 0.6) is 0 Å². The number of benzene rings is 9. The van der Waals surface area contributed by atoms with Crippen LogP contribution in [0.4, 0.5) is 17.1 Å². The molecule has 0 aliphatic heterocycles. The quantitative estimate of drug-likeness (QED) is 0.170. The van der Waals surface area contributed by atoms with Crippen molar-refractivity contribution in [2.75, 3.05) is 4.90 Å². The van der Waals surface area contributed by atoms with Crippen LogP contribution in [0.15, 0.2) is 209 Å². The van der Waals surface area contributed by atoms with Crippen LogP contribution in [0.3, 0.4) is 0 Å². The lowest BCUT2D eigenvalue weighted by Gasteiger charge is -2.26. The summed E-state index contributed by atoms with van der Waals surface area (Å²) < 4.78 is 15.2. The van der Waals surface area contributed by atoms with Gasteiger partial charge >= 0.3 is 0 Å². The van der Waals surface area contributed by atoms with Gasteiger partial charge in [0.25, 0.3) is 0 Å². The normalized spacial score (nSPS) is 11.8. The Morgan fingerprint density at radius 3 is 1.86 bits per heavy atom. The lowest BCUT2D eigenvalue weighted by atomic mass is 9.99. The SMILES string of the molecule is c1ccc(-c2nc3c(-c4ccc(N(c5ccc6oc7ccccc7c6c5)c5ccc6c(c5)c5ccccc5n6-c5ccccc5)cc4)cc4ccccc4c3o2)cc1. The highest BCUT2D eigenvalue weighted by atomic mass is 16.3. The lowest BCUT2D eigenvalue weighted by Crippen LogP contribution is -2.10. The van der Waals surface area contributed by atoms with Gasteiger partial charge in [0.2, 0.25) is 5.89 Å². The van der Waals surface area contributed by atoms with Crippen molar-refractivity contribution in [1.82, 2.24) is 9.55 Å². The van der Waals surface area contributed by atoms with Crippen LogP contribution < -0.4 is 4.90 Å². The molecule has 9 aromatic carbocycles. The molecule has 0 atom stereocenters. The zero-order valence-corrected chi connectivity index (χ0v) is 31.2. The van der Waals surface area contributed by atoms with E-state index in [4.69, 9.17) is 13.8 Å². The molecule has 3 aromatic heterocycles. The molecule has 58 heavy (non-hydrogen) atoms. The zero-order chi connectivity index (χ0) is 38.2. The van der Waals surface area contributed by atoms with Crippen molar-refractivity contribution in [1.29, 1.82) is 0 Å². The highest BCUT2D eigenvalue weighted by Gasteiger charge is 2.21. The maximum atomic E-state index is 6.53. The number of para-hydroxylation sites is 3. The molecule has 0 bridgehead atoms. The van der Waals surface area contributed by atoms with E-state index >= 15 is 0 Å². The van der Waals surface area contributed by atoms with Gasteiger partial charge in [0.05, 0.1) is 11.0 Å². The number of rotatable bonds is 6. The molecule has 3 heterocycles. The van der Waals surface area contributed by atoms with Crippen molar-refractivity contribution in [3.05, 3.63) is 200 Å². The van der Waals surface area contributed by atoms with Crippen LogP contribution in [-0.4, -0.2) is 9.55 Å². The van der Waals surface area contributed by atoms with E-state index < -0.39 is 0 Å². The third-order valence-electron chi connectivity index (χ3n) is 11.4. The van der Waals surface area contributed by atoms with Crippen LogP contribution >= 0.6 is 0 Å². The minimum absolute atomic E-state index is 0.613. The minimum Gasteiger partial charge on any atom is -0.456 e. The van der Waals surface area contributed by atoms with E-state index in [-0.39, 0.29) is 0 Å². The van der Waals surface area contributed by atoms with Gasteiger partial charge in [-0.15, -0.1) is 0 Å². The van der Waals surface area contributed by atoms with Gasteiger partial charge in [-0.1, -0.05) is 109 Å². The smallest absolute Gasteiger partial charge is 0.227 e. The topological polar surface area (TPSA) is 47.3 Å². The number of hydrogen-bond donors (Lipinski definition) is 0. The molecule has 12 aromatic rings. The van der Waals surface area contributed by atoms with E-state index in [0.29, 0.717) is 5.89 Å². The molecule has 0 aliphatic rings. The molecular weight excluding hydrogens is 711 g/mol. The fourth-order valence-corrected chi connectivity index (χ4v) is 8.71. The summed E-state index contributed by atoms with van der Waals surface area (Å²) in [7, 11) is 0. The standard InChI is InChI=1S/C53H33N3O2/c1-3-13-35(14-4-1)53-54-51-44(31-36-15-7-8-18-41(36)52(51)58-53)34-23-25-38(26-24-34)55(40-28-30-50-46(33-40)43-20-10-12-22-49(43)57-50)39-27-29-48-45(32-39)42-19-9-11-21-47(42)56(48)37-16-5-2-6-17-37/h1-33H. The van der Waals surface area contributed by atoms with Gasteiger partial charge in [-0.25, -0.2) is 4.98 Å². The largest absolute Gasteiger partial charge is 0.456 e. The maximum Gasteiger partial charge on any atom is 0.227 e. The summed E-state index contributed by atoms with van der Waals surface area (Å²) in [5.74, 6) is 0.613. The third-order valence-corrected chi connectivity index (χ3v) is 11.4. The Morgan fingerprint density at radius 1 is 0.414 bits per heavy atom. The summed E-state index contributed by atoms with van der Waals surface area (Å²) in [6.07, 6.45) is 0. The Labute approximate surface area is 333 Å². The van der Waals surface area contributed by atoms with E-state index in [9.17, 15) is 0 Å². The van der Waals surface area contributed by atoms with Crippen LogP contribution in [0.2, 0.25) is 0 Å². The lowest BCUT2D eigenvalue weighted by molar-refractivity contribution is 0.623. The Kier molecular flexibility index (Phi) is 7.16. The van der Waals surface area contributed by atoms with Crippen molar-refractivity contribution in [3.63, 3.8) is 0 Å². The second kappa shape index (κ2) is 12.8. The number of furan rings is 1. The van der Waals surface area contributed by atoms with Crippen LogP contribution in [0.25, 0.3) is 93.9 Å². The number of aromatic nitrogens is 2. The average Bonchev–Trinajstić information content (AvgIpc) is 4.00. The van der Waals surface area contributed by atoms with Crippen molar-refractivity contribution < 1.29 is 8.83 Å². The first-order valence-corrected chi connectivity index (χ1v) is 19.5. The second-order valence-corrected chi connectivity index (χ2v) is 14.8. The molecule has 0 saturated carbocycles. The summed E-state index contributed by atoms with van der Waals surface area (Å²) in [5.41, 5.74) is 13.0. The fraction of sp³-hybridized carbons (Fsp3) is 0. The molecule has 0 fully saturated rings.